The fourth-order valence-electron chi connectivity index (χ4n) is 3.88. The summed E-state index contributed by atoms with van der Waals surface area (Å²) in [7, 11) is 0. The normalized spacial score (nSPS) is 15.4. The molecule has 2 N–H and O–H groups in total. The molecule has 0 spiro atoms. The number of ether oxygens (including phenoxy) is 1. The molecular weight excluding hydrogens is 390 g/mol. The van der Waals surface area contributed by atoms with Crippen molar-refractivity contribution < 1.29 is 9.53 Å². The zero-order valence-corrected chi connectivity index (χ0v) is 18.1. The van der Waals surface area contributed by atoms with Crippen molar-refractivity contribution in [1.29, 1.82) is 0 Å². The maximum absolute atomic E-state index is 12.5. The molecule has 1 aliphatic heterocycles. The number of benzene rings is 2. The molecule has 7 nitrogen and oxygen atoms in total. The Labute approximate surface area is 183 Å². The van der Waals surface area contributed by atoms with E-state index in [1.807, 2.05) is 43.3 Å². The van der Waals surface area contributed by atoms with Crippen LogP contribution in [0.3, 0.4) is 0 Å². The average molecular weight is 422 g/mol. The second-order valence-electron chi connectivity index (χ2n) is 7.89. The third-order valence-corrected chi connectivity index (χ3v) is 5.70. The summed E-state index contributed by atoms with van der Waals surface area (Å²) in [5, 5.41) is 2.94. The van der Waals surface area contributed by atoms with Gasteiger partial charge in [-0.25, -0.2) is 4.98 Å². The van der Waals surface area contributed by atoms with Crippen molar-refractivity contribution in [1.82, 2.24) is 25.1 Å². The number of carbonyl (C=O) groups excluding carboxylic acids is 1. The molecule has 0 bridgehead atoms. The molecule has 2 heterocycles. The Kier molecular flexibility index (Phi) is 7.30. The van der Waals surface area contributed by atoms with Gasteiger partial charge in [0.25, 0.3) is 5.91 Å². The molecule has 0 aliphatic carbocycles. The van der Waals surface area contributed by atoms with E-state index in [9.17, 15) is 4.79 Å². The van der Waals surface area contributed by atoms with Crippen LogP contribution in [0.1, 0.15) is 28.7 Å². The molecular formula is C24H31N5O2. The predicted molar refractivity (Wildman–Crippen MR) is 122 cm³/mol. The van der Waals surface area contributed by atoms with Gasteiger partial charge >= 0.3 is 0 Å². The number of hydrogen-bond acceptors (Lipinski definition) is 5. The van der Waals surface area contributed by atoms with E-state index in [1.54, 1.807) is 0 Å². The van der Waals surface area contributed by atoms with Gasteiger partial charge in [-0.1, -0.05) is 24.3 Å². The predicted octanol–water partition coefficient (Wildman–Crippen LogP) is 2.65. The summed E-state index contributed by atoms with van der Waals surface area (Å²) in [6, 6.07) is 15.8. The van der Waals surface area contributed by atoms with Gasteiger partial charge in [-0.05, 0) is 36.8 Å². The smallest absolute Gasteiger partial charge is 0.251 e. The monoisotopic (exact) mass is 421 g/mol. The van der Waals surface area contributed by atoms with E-state index in [4.69, 9.17) is 4.74 Å². The molecule has 164 valence electrons. The topological polar surface area (TPSA) is 73.5 Å². The first-order valence-corrected chi connectivity index (χ1v) is 11.0. The van der Waals surface area contributed by atoms with Gasteiger partial charge in [0.15, 0.2) is 0 Å². The van der Waals surface area contributed by atoms with Crippen LogP contribution < -0.4 is 5.32 Å². The van der Waals surface area contributed by atoms with Crippen molar-refractivity contribution in [3.05, 3.63) is 65.5 Å². The van der Waals surface area contributed by atoms with Crippen molar-refractivity contribution in [2.75, 3.05) is 45.9 Å². The Balaban J connectivity index is 1.23. The van der Waals surface area contributed by atoms with E-state index in [2.05, 4.69) is 37.2 Å². The summed E-state index contributed by atoms with van der Waals surface area (Å²) in [6.07, 6.45) is 0. The third-order valence-electron chi connectivity index (χ3n) is 5.70. The standard InChI is InChI=1S/C24H31N5O2/c1-2-31-16-15-28-11-13-29(14-12-28)18-19-7-9-20(10-8-19)24(30)25-17-23-26-21-5-3-4-6-22(21)27-23/h3-10H,2,11-18H2,1H3,(H,25,30)(H,26,27). The number of piperazine rings is 1. The minimum absolute atomic E-state index is 0.0880. The first kappa shape index (κ1) is 21.5. The number of para-hydroxylation sites is 2. The lowest BCUT2D eigenvalue weighted by molar-refractivity contribution is 0.0786. The molecule has 0 unspecified atom stereocenters. The average Bonchev–Trinajstić information content (AvgIpc) is 3.22. The van der Waals surface area contributed by atoms with Gasteiger partial charge in [0.1, 0.15) is 5.82 Å². The lowest BCUT2D eigenvalue weighted by atomic mass is 10.1. The van der Waals surface area contributed by atoms with E-state index in [0.717, 1.165) is 69.3 Å². The van der Waals surface area contributed by atoms with Crippen LogP contribution in [0.4, 0.5) is 0 Å². The highest BCUT2D eigenvalue weighted by Crippen LogP contribution is 2.12. The SMILES string of the molecule is CCOCCN1CCN(Cc2ccc(C(=O)NCc3nc4ccccc4[nH]3)cc2)CC1. The van der Waals surface area contributed by atoms with Crippen LogP contribution in [0.5, 0.6) is 0 Å². The minimum atomic E-state index is -0.0880. The van der Waals surface area contributed by atoms with Gasteiger partial charge in [-0.3, -0.25) is 14.6 Å². The van der Waals surface area contributed by atoms with E-state index < -0.39 is 0 Å². The number of H-pyrrole nitrogens is 1. The lowest BCUT2D eigenvalue weighted by Gasteiger charge is -2.34. The number of amides is 1. The van der Waals surface area contributed by atoms with E-state index >= 15 is 0 Å². The first-order valence-electron chi connectivity index (χ1n) is 11.0. The van der Waals surface area contributed by atoms with Crippen LogP contribution in [0.2, 0.25) is 0 Å². The van der Waals surface area contributed by atoms with E-state index in [-0.39, 0.29) is 5.91 Å². The van der Waals surface area contributed by atoms with Crippen molar-refractivity contribution in [2.45, 2.75) is 20.0 Å². The Hall–Kier alpha value is -2.74. The van der Waals surface area contributed by atoms with Crippen molar-refractivity contribution in [2.24, 2.45) is 0 Å². The molecule has 2 aromatic carbocycles. The largest absolute Gasteiger partial charge is 0.380 e. The maximum atomic E-state index is 12.5. The van der Waals surface area contributed by atoms with Crippen LogP contribution in [0.15, 0.2) is 48.5 Å². The fourth-order valence-corrected chi connectivity index (χ4v) is 3.88. The molecule has 0 radical (unpaired) electrons. The number of hydrogen-bond donors (Lipinski definition) is 2. The van der Waals surface area contributed by atoms with Gasteiger partial charge in [0, 0.05) is 51.4 Å². The summed E-state index contributed by atoms with van der Waals surface area (Å²) in [5.41, 5.74) is 3.79. The molecule has 7 heteroatoms. The lowest BCUT2D eigenvalue weighted by Crippen LogP contribution is -2.46. The summed E-state index contributed by atoms with van der Waals surface area (Å²) in [5.74, 6) is 0.668. The molecule has 1 amide bonds. The minimum Gasteiger partial charge on any atom is -0.380 e. The van der Waals surface area contributed by atoms with E-state index in [0.29, 0.717) is 12.1 Å². The van der Waals surface area contributed by atoms with Crippen LogP contribution in [0.25, 0.3) is 11.0 Å². The number of rotatable bonds is 9. The number of fused-ring (bicyclic) bond motifs is 1. The highest BCUT2D eigenvalue weighted by Gasteiger charge is 2.17. The Morgan fingerprint density at radius 2 is 1.81 bits per heavy atom. The molecule has 1 aromatic heterocycles. The van der Waals surface area contributed by atoms with E-state index in [1.165, 1.54) is 5.56 Å². The third kappa shape index (κ3) is 5.91. The van der Waals surface area contributed by atoms with Crippen molar-refractivity contribution in [3.63, 3.8) is 0 Å². The number of imidazole rings is 1. The first-order chi connectivity index (χ1) is 15.2. The molecule has 1 aliphatic rings. The molecule has 0 atom stereocenters. The summed E-state index contributed by atoms with van der Waals surface area (Å²) in [6.45, 7) is 10.2. The summed E-state index contributed by atoms with van der Waals surface area (Å²) in [4.78, 5) is 25.2. The number of nitrogens with zero attached hydrogens (tertiary/aromatic N) is 3. The number of aromatic amines is 1. The number of carbonyl (C=O) groups is 1. The highest BCUT2D eigenvalue weighted by molar-refractivity contribution is 5.94. The number of nitrogens with one attached hydrogen (secondary N) is 2. The molecule has 3 aromatic rings. The summed E-state index contributed by atoms with van der Waals surface area (Å²) < 4.78 is 5.45. The van der Waals surface area contributed by atoms with Crippen LogP contribution in [0, 0.1) is 0 Å². The van der Waals surface area contributed by atoms with Crippen LogP contribution in [-0.2, 0) is 17.8 Å². The van der Waals surface area contributed by atoms with Gasteiger partial charge in [-0.2, -0.15) is 0 Å². The highest BCUT2D eigenvalue weighted by atomic mass is 16.5. The Morgan fingerprint density at radius 3 is 2.55 bits per heavy atom. The van der Waals surface area contributed by atoms with Gasteiger partial charge < -0.3 is 15.0 Å². The Morgan fingerprint density at radius 1 is 1.06 bits per heavy atom. The van der Waals surface area contributed by atoms with Crippen molar-refractivity contribution >= 4 is 16.9 Å². The second kappa shape index (κ2) is 10.5. The molecule has 31 heavy (non-hydrogen) atoms. The van der Waals surface area contributed by atoms with Crippen LogP contribution >= 0.6 is 0 Å². The van der Waals surface area contributed by atoms with Crippen LogP contribution in [-0.4, -0.2) is 71.6 Å². The Bertz CT molecular complexity index is 944. The van der Waals surface area contributed by atoms with Crippen molar-refractivity contribution in [3.8, 4) is 0 Å². The zero-order chi connectivity index (χ0) is 21.5. The van der Waals surface area contributed by atoms with Gasteiger partial charge in [0.2, 0.25) is 0 Å². The quantitative estimate of drug-likeness (QED) is 0.520. The molecule has 0 saturated carbocycles. The second-order valence-corrected chi connectivity index (χ2v) is 7.89. The molecule has 1 saturated heterocycles. The summed E-state index contributed by atoms with van der Waals surface area (Å²) >= 11 is 0. The number of aromatic nitrogens is 2. The van der Waals surface area contributed by atoms with Gasteiger partial charge in [0.05, 0.1) is 24.2 Å². The molecule has 4 rings (SSSR count). The maximum Gasteiger partial charge on any atom is 0.251 e. The fraction of sp³-hybridized carbons (Fsp3) is 0.417. The zero-order valence-electron chi connectivity index (χ0n) is 18.1. The van der Waals surface area contributed by atoms with Gasteiger partial charge in [-0.15, -0.1) is 0 Å². The molecule has 1 fully saturated rings.